The van der Waals surface area contributed by atoms with Gasteiger partial charge in [0.25, 0.3) is 0 Å². The summed E-state index contributed by atoms with van der Waals surface area (Å²) in [6.45, 7) is 4.12. The molecule has 0 aliphatic carbocycles. The number of morpholine rings is 1. The number of aromatic amines is 1. The first-order valence-electron chi connectivity index (χ1n) is 12.4. The van der Waals surface area contributed by atoms with Crippen LogP contribution < -0.4 is 15.5 Å². The molecule has 0 bridgehead atoms. The zero-order valence-electron chi connectivity index (χ0n) is 21.1. The van der Waals surface area contributed by atoms with Crippen LogP contribution in [0.25, 0.3) is 22.5 Å². The molecule has 1 aliphatic heterocycles. The third kappa shape index (κ3) is 5.91. The number of nitrogens with one attached hydrogen (secondary N) is 3. The van der Waals surface area contributed by atoms with E-state index in [-0.39, 0.29) is 16.3 Å². The summed E-state index contributed by atoms with van der Waals surface area (Å²) in [5.74, 6) is 0.0285. The molecule has 2 amide bonds. The predicted octanol–water partition coefficient (Wildman–Crippen LogP) is 4.55. The largest absolute Gasteiger partial charge is 0.378 e. The standard InChI is InChI=1S/C27H27FN6O4S/c1-2-39(36,37)21-6-4-20(5-7-21)30-27(35)31-23-17-19(3-8-22(23)28)25-24(18-9-11-29-12-10-18)32-26(33-25)34-13-15-38-16-14-34/h3-12,17H,2,13-16H2,1H3,(H,32,33)(H2,30,31,35). The number of ether oxygens (including phenoxy) is 1. The molecule has 10 nitrogen and oxygen atoms in total. The molecule has 1 aliphatic rings. The number of aromatic nitrogens is 3. The van der Waals surface area contributed by atoms with Gasteiger partial charge in [0.1, 0.15) is 5.82 Å². The Balaban J connectivity index is 1.40. The first-order valence-corrected chi connectivity index (χ1v) is 14.0. The number of imidazole rings is 1. The molecular formula is C27H27FN6O4S. The van der Waals surface area contributed by atoms with E-state index in [0.717, 1.165) is 11.3 Å². The van der Waals surface area contributed by atoms with Crippen molar-refractivity contribution in [1.29, 1.82) is 0 Å². The lowest BCUT2D eigenvalue weighted by molar-refractivity contribution is 0.122. The second-order valence-electron chi connectivity index (χ2n) is 8.82. The lowest BCUT2D eigenvalue weighted by Gasteiger charge is -2.26. The molecule has 1 saturated heterocycles. The maximum Gasteiger partial charge on any atom is 0.323 e. The quantitative estimate of drug-likeness (QED) is 0.308. The third-order valence-corrected chi connectivity index (χ3v) is 8.06. The second-order valence-corrected chi connectivity index (χ2v) is 11.1. The Morgan fingerprint density at radius 3 is 2.44 bits per heavy atom. The van der Waals surface area contributed by atoms with Gasteiger partial charge in [0.05, 0.1) is 40.9 Å². The van der Waals surface area contributed by atoms with Gasteiger partial charge in [-0.05, 0) is 54.6 Å². The van der Waals surface area contributed by atoms with Gasteiger partial charge in [-0.25, -0.2) is 22.6 Å². The van der Waals surface area contributed by atoms with Gasteiger partial charge in [0.15, 0.2) is 9.84 Å². The Morgan fingerprint density at radius 1 is 1.03 bits per heavy atom. The number of hydrogen-bond acceptors (Lipinski definition) is 7. The van der Waals surface area contributed by atoms with E-state index in [1.54, 1.807) is 25.4 Å². The monoisotopic (exact) mass is 550 g/mol. The van der Waals surface area contributed by atoms with Crippen molar-refractivity contribution in [1.82, 2.24) is 15.0 Å². The van der Waals surface area contributed by atoms with E-state index in [2.05, 4.69) is 25.5 Å². The van der Waals surface area contributed by atoms with Gasteiger partial charge in [0, 0.05) is 42.3 Å². The van der Waals surface area contributed by atoms with Crippen LogP contribution in [0.2, 0.25) is 0 Å². The molecule has 5 rings (SSSR count). The van der Waals surface area contributed by atoms with Crippen LogP contribution in [-0.4, -0.2) is 61.5 Å². The summed E-state index contributed by atoms with van der Waals surface area (Å²) in [7, 11) is -3.36. The number of amides is 2. The number of hydrogen-bond donors (Lipinski definition) is 3. The molecule has 0 unspecified atom stereocenters. The number of halogens is 1. The SMILES string of the molecule is CCS(=O)(=O)c1ccc(NC(=O)Nc2cc(-c3nc(N4CCOCC4)[nH]c3-c3ccncc3)ccc2F)cc1. The topological polar surface area (TPSA) is 129 Å². The van der Waals surface area contributed by atoms with E-state index in [0.29, 0.717) is 49.2 Å². The van der Waals surface area contributed by atoms with Crippen LogP contribution >= 0.6 is 0 Å². The zero-order valence-corrected chi connectivity index (χ0v) is 22.0. The number of sulfone groups is 1. The average Bonchev–Trinajstić information content (AvgIpc) is 3.41. The van der Waals surface area contributed by atoms with Gasteiger partial charge in [-0.15, -0.1) is 0 Å². The number of pyridine rings is 1. The number of anilines is 3. The molecule has 4 aromatic rings. The van der Waals surface area contributed by atoms with Crippen molar-refractivity contribution in [2.24, 2.45) is 0 Å². The van der Waals surface area contributed by atoms with Crippen molar-refractivity contribution in [3.05, 3.63) is 72.8 Å². The number of nitrogens with zero attached hydrogens (tertiary/aromatic N) is 3. The molecule has 12 heteroatoms. The number of H-pyrrole nitrogens is 1. The van der Waals surface area contributed by atoms with Crippen molar-refractivity contribution < 1.29 is 22.3 Å². The normalized spacial score (nSPS) is 13.7. The van der Waals surface area contributed by atoms with E-state index >= 15 is 0 Å². The predicted molar refractivity (Wildman–Crippen MR) is 147 cm³/mol. The molecule has 0 atom stereocenters. The van der Waals surface area contributed by atoms with Crippen molar-refractivity contribution in [3.8, 4) is 22.5 Å². The summed E-state index contributed by atoms with van der Waals surface area (Å²) in [5, 5.41) is 5.14. The Hall–Kier alpha value is -4.29. The minimum Gasteiger partial charge on any atom is -0.378 e. The van der Waals surface area contributed by atoms with Crippen LogP contribution in [0.3, 0.4) is 0 Å². The van der Waals surface area contributed by atoms with Crippen molar-refractivity contribution in [2.45, 2.75) is 11.8 Å². The van der Waals surface area contributed by atoms with Gasteiger partial charge in [-0.1, -0.05) is 6.92 Å². The van der Waals surface area contributed by atoms with Crippen LogP contribution in [0.15, 0.2) is 71.9 Å². The number of carbonyl (C=O) groups is 1. The lowest BCUT2D eigenvalue weighted by atomic mass is 10.1. The Labute approximate surface area is 225 Å². The lowest BCUT2D eigenvalue weighted by Crippen LogP contribution is -2.36. The second kappa shape index (κ2) is 11.2. The number of benzene rings is 2. The highest BCUT2D eigenvalue weighted by Crippen LogP contribution is 2.34. The van der Waals surface area contributed by atoms with E-state index in [9.17, 15) is 17.6 Å². The minimum absolute atomic E-state index is 0.0251. The van der Waals surface area contributed by atoms with Gasteiger partial charge in [-0.2, -0.15) is 0 Å². The first-order chi connectivity index (χ1) is 18.8. The molecule has 0 saturated carbocycles. The molecule has 39 heavy (non-hydrogen) atoms. The summed E-state index contributed by atoms with van der Waals surface area (Å²) >= 11 is 0. The first kappa shape index (κ1) is 26.3. The van der Waals surface area contributed by atoms with Crippen molar-refractivity contribution >= 4 is 33.2 Å². The maximum atomic E-state index is 14.8. The molecule has 202 valence electrons. The fraction of sp³-hybridized carbons (Fsp3) is 0.222. The highest BCUT2D eigenvalue weighted by molar-refractivity contribution is 7.91. The Kier molecular flexibility index (Phi) is 7.57. The summed E-state index contributed by atoms with van der Waals surface area (Å²) in [6, 6.07) is 13.2. The molecule has 0 spiro atoms. The van der Waals surface area contributed by atoms with Crippen molar-refractivity contribution in [2.75, 3.05) is 47.6 Å². The summed E-state index contributed by atoms with van der Waals surface area (Å²) in [5.41, 5.74) is 3.12. The van der Waals surface area contributed by atoms with Crippen LogP contribution in [-0.2, 0) is 14.6 Å². The smallest absolute Gasteiger partial charge is 0.323 e. The highest BCUT2D eigenvalue weighted by Gasteiger charge is 2.21. The summed E-state index contributed by atoms with van der Waals surface area (Å²) < 4.78 is 44.2. The van der Waals surface area contributed by atoms with Crippen LogP contribution in [0.4, 0.5) is 26.5 Å². The van der Waals surface area contributed by atoms with E-state index in [4.69, 9.17) is 9.72 Å². The summed E-state index contributed by atoms with van der Waals surface area (Å²) in [4.78, 5) is 27.2. The third-order valence-electron chi connectivity index (χ3n) is 6.31. The summed E-state index contributed by atoms with van der Waals surface area (Å²) in [6.07, 6.45) is 3.36. The molecule has 1 fully saturated rings. The van der Waals surface area contributed by atoms with E-state index in [1.165, 1.54) is 36.4 Å². The van der Waals surface area contributed by atoms with Crippen LogP contribution in [0.5, 0.6) is 0 Å². The van der Waals surface area contributed by atoms with Gasteiger partial charge in [0.2, 0.25) is 5.95 Å². The van der Waals surface area contributed by atoms with Gasteiger partial charge in [-0.3, -0.25) is 4.98 Å². The molecule has 2 aromatic heterocycles. The average molecular weight is 551 g/mol. The molecule has 0 radical (unpaired) electrons. The minimum atomic E-state index is -3.36. The number of urea groups is 1. The molecule has 2 aromatic carbocycles. The maximum absolute atomic E-state index is 14.8. The van der Waals surface area contributed by atoms with Crippen molar-refractivity contribution in [3.63, 3.8) is 0 Å². The van der Waals surface area contributed by atoms with Crippen LogP contribution in [0, 0.1) is 5.82 Å². The highest BCUT2D eigenvalue weighted by atomic mass is 32.2. The fourth-order valence-electron chi connectivity index (χ4n) is 4.19. The molecular weight excluding hydrogens is 523 g/mol. The number of carbonyl (C=O) groups excluding carboxylic acids is 1. The van der Waals surface area contributed by atoms with E-state index < -0.39 is 21.7 Å². The van der Waals surface area contributed by atoms with Gasteiger partial charge >= 0.3 is 6.03 Å². The fourth-order valence-corrected chi connectivity index (χ4v) is 5.07. The van der Waals surface area contributed by atoms with Gasteiger partial charge < -0.3 is 25.3 Å². The molecule has 3 heterocycles. The van der Waals surface area contributed by atoms with Crippen LogP contribution in [0.1, 0.15) is 6.92 Å². The molecule has 3 N–H and O–H groups in total. The zero-order chi connectivity index (χ0) is 27.4. The Morgan fingerprint density at radius 2 is 1.74 bits per heavy atom. The van der Waals surface area contributed by atoms with E-state index in [1.807, 2.05) is 12.1 Å². The number of rotatable bonds is 7. The Bertz CT molecular complexity index is 1570.